The molecule has 0 amide bonds. The van der Waals surface area contributed by atoms with Crippen LogP contribution in [-0.4, -0.2) is 31.9 Å². The van der Waals surface area contributed by atoms with Crippen molar-refractivity contribution in [2.75, 3.05) is 20.8 Å². The molecule has 0 aliphatic rings. The highest BCUT2D eigenvalue weighted by Crippen LogP contribution is 2.37. The van der Waals surface area contributed by atoms with Crippen molar-refractivity contribution >= 4 is 12.0 Å². The van der Waals surface area contributed by atoms with Gasteiger partial charge in [0.2, 0.25) is 5.75 Å². The summed E-state index contributed by atoms with van der Waals surface area (Å²) in [7, 11) is 2.77. The quantitative estimate of drug-likeness (QED) is 0.502. The molecule has 0 aliphatic carbocycles. The molecule has 106 valence electrons. The molecule has 1 N–H and O–H groups in total. The summed E-state index contributed by atoms with van der Waals surface area (Å²) < 4.78 is 14.7. The van der Waals surface area contributed by atoms with Crippen molar-refractivity contribution in [2.45, 2.75) is 6.92 Å². The maximum absolute atomic E-state index is 11.5. The lowest BCUT2D eigenvalue weighted by Gasteiger charge is -2.09. The number of carbonyl (C=O) groups is 1. The second-order valence-corrected chi connectivity index (χ2v) is 3.66. The molecule has 0 aliphatic heterocycles. The molecular formula is C14H15NO5. The summed E-state index contributed by atoms with van der Waals surface area (Å²) >= 11 is 0. The number of esters is 1. The molecule has 0 fully saturated rings. The summed E-state index contributed by atoms with van der Waals surface area (Å²) in [6.45, 7) is 1.83. The molecule has 1 rings (SSSR count). The van der Waals surface area contributed by atoms with Gasteiger partial charge in [0, 0.05) is 0 Å². The van der Waals surface area contributed by atoms with E-state index >= 15 is 0 Å². The van der Waals surface area contributed by atoms with Crippen LogP contribution in [0.1, 0.15) is 12.5 Å². The van der Waals surface area contributed by atoms with Crippen molar-refractivity contribution in [3.8, 4) is 23.3 Å². The molecule has 6 heteroatoms. The molecular weight excluding hydrogens is 262 g/mol. The van der Waals surface area contributed by atoms with Crippen molar-refractivity contribution in [2.24, 2.45) is 0 Å². The first-order valence-electron chi connectivity index (χ1n) is 5.81. The van der Waals surface area contributed by atoms with Crippen LogP contribution in [0.4, 0.5) is 0 Å². The van der Waals surface area contributed by atoms with Gasteiger partial charge in [0.15, 0.2) is 11.5 Å². The van der Waals surface area contributed by atoms with E-state index in [4.69, 9.17) is 19.5 Å². The van der Waals surface area contributed by atoms with Crippen LogP contribution in [0.15, 0.2) is 17.7 Å². The minimum atomic E-state index is -0.707. The normalized spacial score (nSPS) is 10.6. The monoisotopic (exact) mass is 277 g/mol. The number of phenolic OH excluding ortho intramolecular Hbond substituents is 1. The maximum Gasteiger partial charge on any atom is 0.348 e. The van der Waals surface area contributed by atoms with Gasteiger partial charge in [0.1, 0.15) is 11.6 Å². The topological polar surface area (TPSA) is 88.8 Å². The number of rotatable bonds is 5. The third-order valence-electron chi connectivity index (χ3n) is 2.43. The SMILES string of the molecule is CCOC(=O)/C(C#N)=C\c1cc(OC)c(O)c(OC)c1. The van der Waals surface area contributed by atoms with E-state index < -0.39 is 5.97 Å². The van der Waals surface area contributed by atoms with E-state index in [0.717, 1.165) is 0 Å². The largest absolute Gasteiger partial charge is 0.502 e. The predicted octanol–water partition coefficient (Wildman–Crippen LogP) is 1.88. The van der Waals surface area contributed by atoms with Crippen LogP contribution in [0.5, 0.6) is 17.2 Å². The van der Waals surface area contributed by atoms with Crippen molar-refractivity contribution in [1.29, 1.82) is 5.26 Å². The Bertz CT molecular complexity index is 546. The summed E-state index contributed by atoms with van der Waals surface area (Å²) in [4.78, 5) is 11.5. The molecule has 0 aromatic heterocycles. The number of aromatic hydroxyl groups is 1. The second kappa shape index (κ2) is 7.04. The predicted molar refractivity (Wildman–Crippen MR) is 71.4 cm³/mol. The average Bonchev–Trinajstić information content (AvgIpc) is 2.46. The van der Waals surface area contributed by atoms with Crippen LogP contribution in [0, 0.1) is 11.3 Å². The first-order valence-corrected chi connectivity index (χ1v) is 5.81. The standard InChI is InChI=1S/C14H15NO5/c1-4-20-14(17)10(8-15)5-9-6-11(18-2)13(16)12(7-9)19-3/h5-7,16H,4H2,1-3H3/b10-5-. The van der Waals surface area contributed by atoms with Gasteiger partial charge in [0.05, 0.1) is 20.8 Å². The zero-order valence-corrected chi connectivity index (χ0v) is 11.5. The highest BCUT2D eigenvalue weighted by atomic mass is 16.5. The zero-order valence-electron chi connectivity index (χ0n) is 11.5. The van der Waals surface area contributed by atoms with Crippen LogP contribution in [0.3, 0.4) is 0 Å². The van der Waals surface area contributed by atoms with Gasteiger partial charge in [-0.2, -0.15) is 5.26 Å². The molecule has 1 aromatic rings. The smallest absolute Gasteiger partial charge is 0.348 e. The Labute approximate surface area is 116 Å². The molecule has 1 aromatic carbocycles. The van der Waals surface area contributed by atoms with E-state index in [-0.39, 0.29) is 29.4 Å². The first-order chi connectivity index (χ1) is 9.57. The minimum Gasteiger partial charge on any atom is -0.502 e. The number of phenols is 1. The van der Waals surface area contributed by atoms with Crippen LogP contribution in [0.2, 0.25) is 0 Å². The Kier molecular flexibility index (Phi) is 5.42. The van der Waals surface area contributed by atoms with Crippen LogP contribution in [-0.2, 0) is 9.53 Å². The van der Waals surface area contributed by atoms with E-state index in [1.54, 1.807) is 13.0 Å². The van der Waals surface area contributed by atoms with Gasteiger partial charge in [0.25, 0.3) is 0 Å². The van der Waals surface area contributed by atoms with Crippen molar-refractivity contribution in [3.63, 3.8) is 0 Å². The van der Waals surface area contributed by atoms with Crippen LogP contribution in [0.25, 0.3) is 6.08 Å². The lowest BCUT2D eigenvalue weighted by Crippen LogP contribution is -2.06. The maximum atomic E-state index is 11.5. The highest BCUT2D eigenvalue weighted by Gasteiger charge is 2.13. The molecule has 0 atom stereocenters. The Morgan fingerprint density at radius 1 is 1.35 bits per heavy atom. The van der Waals surface area contributed by atoms with E-state index in [2.05, 4.69) is 0 Å². The van der Waals surface area contributed by atoms with E-state index in [0.29, 0.717) is 5.56 Å². The Balaban J connectivity index is 3.26. The van der Waals surface area contributed by atoms with Gasteiger partial charge >= 0.3 is 5.97 Å². The summed E-state index contributed by atoms with van der Waals surface area (Å²) in [6.07, 6.45) is 1.34. The lowest BCUT2D eigenvalue weighted by molar-refractivity contribution is -0.137. The Morgan fingerprint density at radius 3 is 2.30 bits per heavy atom. The fourth-order valence-electron chi connectivity index (χ4n) is 1.51. The van der Waals surface area contributed by atoms with Crippen LogP contribution < -0.4 is 9.47 Å². The van der Waals surface area contributed by atoms with E-state index in [9.17, 15) is 9.90 Å². The number of benzene rings is 1. The average molecular weight is 277 g/mol. The van der Waals surface area contributed by atoms with E-state index in [1.165, 1.54) is 32.4 Å². The third kappa shape index (κ3) is 3.42. The third-order valence-corrected chi connectivity index (χ3v) is 2.43. The molecule has 0 saturated carbocycles. The number of carbonyl (C=O) groups excluding carboxylic acids is 1. The van der Waals surface area contributed by atoms with Crippen molar-refractivity contribution in [3.05, 3.63) is 23.3 Å². The van der Waals surface area contributed by atoms with Gasteiger partial charge < -0.3 is 19.3 Å². The van der Waals surface area contributed by atoms with Crippen molar-refractivity contribution < 1.29 is 24.1 Å². The number of hydrogen-bond donors (Lipinski definition) is 1. The molecule has 0 bridgehead atoms. The number of hydrogen-bond acceptors (Lipinski definition) is 6. The summed E-state index contributed by atoms with van der Waals surface area (Å²) in [5.74, 6) is -0.503. The molecule has 0 radical (unpaired) electrons. The minimum absolute atomic E-state index is 0.151. The van der Waals surface area contributed by atoms with Crippen LogP contribution >= 0.6 is 0 Å². The summed E-state index contributed by atoms with van der Waals surface area (Å²) in [5, 5.41) is 18.7. The number of nitriles is 1. The molecule has 6 nitrogen and oxygen atoms in total. The molecule has 0 heterocycles. The molecule has 0 saturated heterocycles. The molecule has 20 heavy (non-hydrogen) atoms. The summed E-state index contributed by atoms with van der Waals surface area (Å²) in [5.41, 5.74) is 0.322. The lowest BCUT2D eigenvalue weighted by atomic mass is 10.1. The van der Waals surface area contributed by atoms with Crippen molar-refractivity contribution in [1.82, 2.24) is 0 Å². The fraction of sp³-hybridized carbons (Fsp3) is 0.286. The Hall–Kier alpha value is -2.68. The molecule has 0 spiro atoms. The Morgan fingerprint density at radius 2 is 1.90 bits per heavy atom. The van der Waals surface area contributed by atoms with Gasteiger partial charge in [-0.1, -0.05) is 0 Å². The molecule has 0 unspecified atom stereocenters. The van der Waals surface area contributed by atoms with Gasteiger partial charge in [-0.05, 0) is 30.7 Å². The number of ether oxygens (including phenoxy) is 3. The second-order valence-electron chi connectivity index (χ2n) is 3.66. The van der Waals surface area contributed by atoms with Gasteiger partial charge in [-0.3, -0.25) is 0 Å². The first kappa shape index (κ1) is 15.4. The van der Waals surface area contributed by atoms with Gasteiger partial charge in [-0.15, -0.1) is 0 Å². The zero-order chi connectivity index (χ0) is 15.1. The highest BCUT2D eigenvalue weighted by molar-refractivity contribution is 5.98. The summed E-state index contributed by atoms with van der Waals surface area (Å²) in [6, 6.07) is 4.73. The fourth-order valence-corrected chi connectivity index (χ4v) is 1.51. The van der Waals surface area contributed by atoms with E-state index in [1.807, 2.05) is 0 Å². The number of methoxy groups -OCH3 is 2. The van der Waals surface area contributed by atoms with Gasteiger partial charge in [-0.25, -0.2) is 4.79 Å². The number of nitrogens with zero attached hydrogens (tertiary/aromatic N) is 1.